The van der Waals surface area contributed by atoms with Gasteiger partial charge in [0.25, 0.3) is 11.8 Å². The van der Waals surface area contributed by atoms with Gasteiger partial charge in [0.1, 0.15) is 17.7 Å². The fourth-order valence-corrected chi connectivity index (χ4v) is 4.76. The molecule has 3 fully saturated rings. The van der Waals surface area contributed by atoms with Crippen LogP contribution in [0.1, 0.15) is 56.3 Å². The third-order valence-electron chi connectivity index (χ3n) is 6.55. The number of nitrogens with zero attached hydrogens (tertiary/aromatic N) is 2. The second-order valence-electron chi connectivity index (χ2n) is 8.45. The number of hydrogen-bond acceptors (Lipinski definition) is 5. The number of primary amides is 1. The van der Waals surface area contributed by atoms with Crippen LogP contribution in [-0.2, 0) is 4.79 Å². The molecule has 2 heterocycles. The number of aromatic nitrogens is 1. The Morgan fingerprint density at radius 1 is 1.39 bits per heavy atom. The summed E-state index contributed by atoms with van der Waals surface area (Å²) in [4.78, 5) is 42.0. The molecule has 0 aromatic carbocycles. The SMILES string of the molecule is CC[C@H](C)[C@@H]1NC(=O)N(C2CC3(CC(Oc4ncccc4C(N)=O)C3)C2)C1=O. The first-order valence-corrected chi connectivity index (χ1v) is 9.88. The first-order valence-electron chi connectivity index (χ1n) is 9.88. The zero-order valence-electron chi connectivity index (χ0n) is 16.2. The summed E-state index contributed by atoms with van der Waals surface area (Å²) in [6.45, 7) is 4.01. The summed E-state index contributed by atoms with van der Waals surface area (Å²) in [7, 11) is 0. The van der Waals surface area contributed by atoms with Gasteiger partial charge in [-0.2, -0.15) is 0 Å². The number of urea groups is 1. The van der Waals surface area contributed by atoms with E-state index in [0.717, 1.165) is 32.1 Å². The topological polar surface area (TPSA) is 115 Å². The van der Waals surface area contributed by atoms with Crippen molar-refractivity contribution < 1.29 is 19.1 Å². The summed E-state index contributed by atoms with van der Waals surface area (Å²) >= 11 is 0. The molecule has 4 rings (SSSR count). The normalized spacial score (nSPS) is 32.5. The Balaban J connectivity index is 1.32. The summed E-state index contributed by atoms with van der Waals surface area (Å²) < 4.78 is 5.87. The van der Waals surface area contributed by atoms with Crippen molar-refractivity contribution in [2.45, 2.75) is 64.1 Å². The zero-order valence-corrected chi connectivity index (χ0v) is 16.2. The molecule has 0 bridgehead atoms. The molecule has 1 aliphatic heterocycles. The highest BCUT2D eigenvalue weighted by Gasteiger charge is 2.58. The first-order chi connectivity index (χ1) is 13.3. The van der Waals surface area contributed by atoms with Crippen molar-refractivity contribution in [2.24, 2.45) is 17.1 Å². The van der Waals surface area contributed by atoms with Crippen LogP contribution in [0.5, 0.6) is 5.88 Å². The lowest BCUT2D eigenvalue weighted by Crippen LogP contribution is -2.60. The summed E-state index contributed by atoms with van der Waals surface area (Å²) in [6, 6.07) is 2.56. The van der Waals surface area contributed by atoms with Crippen LogP contribution in [0.25, 0.3) is 0 Å². The summed E-state index contributed by atoms with van der Waals surface area (Å²) in [5, 5.41) is 2.84. The van der Waals surface area contributed by atoms with E-state index in [1.165, 1.54) is 4.90 Å². The molecule has 2 atom stereocenters. The number of nitrogens with one attached hydrogen (secondary N) is 1. The van der Waals surface area contributed by atoms with Gasteiger partial charge in [-0.15, -0.1) is 0 Å². The second kappa shape index (κ2) is 6.76. The van der Waals surface area contributed by atoms with E-state index in [4.69, 9.17) is 10.5 Å². The number of carbonyl (C=O) groups excluding carboxylic acids is 3. The Kier molecular flexibility index (Phi) is 4.51. The van der Waals surface area contributed by atoms with E-state index < -0.39 is 11.9 Å². The molecule has 150 valence electrons. The van der Waals surface area contributed by atoms with E-state index in [9.17, 15) is 14.4 Å². The average molecular weight is 386 g/mol. The van der Waals surface area contributed by atoms with Crippen LogP contribution in [0.2, 0.25) is 0 Å². The van der Waals surface area contributed by atoms with Crippen molar-refractivity contribution >= 4 is 17.8 Å². The minimum atomic E-state index is -0.560. The summed E-state index contributed by atoms with van der Waals surface area (Å²) in [5.74, 6) is -0.243. The van der Waals surface area contributed by atoms with Crippen LogP contribution in [0, 0.1) is 11.3 Å². The Bertz CT molecular complexity index is 812. The first kappa shape index (κ1) is 18.7. The smallest absolute Gasteiger partial charge is 0.325 e. The maximum absolute atomic E-state index is 12.6. The van der Waals surface area contributed by atoms with Gasteiger partial charge in [0.15, 0.2) is 0 Å². The van der Waals surface area contributed by atoms with Crippen LogP contribution in [0.4, 0.5) is 4.79 Å². The van der Waals surface area contributed by atoms with E-state index in [1.807, 2.05) is 13.8 Å². The van der Waals surface area contributed by atoms with E-state index >= 15 is 0 Å². The second-order valence-corrected chi connectivity index (χ2v) is 8.45. The molecule has 3 N–H and O–H groups in total. The fraction of sp³-hybridized carbons (Fsp3) is 0.600. The van der Waals surface area contributed by atoms with Gasteiger partial charge in [0.05, 0.1) is 0 Å². The number of nitrogens with two attached hydrogens (primary N) is 1. The molecule has 1 aromatic heterocycles. The molecule has 0 unspecified atom stereocenters. The lowest BCUT2D eigenvalue weighted by molar-refractivity contribution is -0.141. The van der Waals surface area contributed by atoms with Gasteiger partial charge < -0.3 is 15.8 Å². The third kappa shape index (κ3) is 3.00. The van der Waals surface area contributed by atoms with Crippen molar-refractivity contribution in [3.8, 4) is 5.88 Å². The van der Waals surface area contributed by atoms with Crippen LogP contribution < -0.4 is 15.8 Å². The highest BCUT2D eigenvalue weighted by molar-refractivity contribution is 6.04. The maximum atomic E-state index is 12.6. The minimum absolute atomic E-state index is 0.0232. The van der Waals surface area contributed by atoms with Crippen molar-refractivity contribution in [2.75, 3.05) is 0 Å². The highest BCUT2D eigenvalue weighted by atomic mass is 16.5. The standard InChI is InChI=1S/C20H26N4O4/c1-3-11(2)15-18(26)24(19(27)23-15)12-7-20(8-12)9-13(10-20)28-17-14(16(21)25)5-4-6-22-17/h4-6,11-13,15H,3,7-10H2,1-2H3,(H2,21,25)(H,23,27)/t11-,12?,13?,15-,20?/m0/s1. The Labute approximate surface area is 163 Å². The highest BCUT2D eigenvalue weighted by Crippen LogP contribution is 2.58. The molecule has 1 aromatic rings. The lowest BCUT2D eigenvalue weighted by Gasteiger charge is -2.58. The predicted octanol–water partition coefficient (Wildman–Crippen LogP) is 1.84. The van der Waals surface area contributed by atoms with Crippen LogP contribution in [0.3, 0.4) is 0 Å². The van der Waals surface area contributed by atoms with Gasteiger partial charge in [-0.25, -0.2) is 9.78 Å². The van der Waals surface area contributed by atoms with Gasteiger partial charge in [0, 0.05) is 12.2 Å². The predicted molar refractivity (Wildman–Crippen MR) is 100 cm³/mol. The minimum Gasteiger partial charge on any atom is -0.474 e. The molecule has 2 aliphatic carbocycles. The summed E-state index contributed by atoms with van der Waals surface area (Å²) in [6.07, 6.45) is 5.67. The van der Waals surface area contributed by atoms with Crippen LogP contribution in [0.15, 0.2) is 18.3 Å². The number of hydrogen-bond donors (Lipinski definition) is 2. The molecule has 0 radical (unpaired) electrons. The van der Waals surface area contributed by atoms with Gasteiger partial charge >= 0.3 is 6.03 Å². The zero-order chi connectivity index (χ0) is 20.1. The number of carbonyl (C=O) groups is 3. The monoisotopic (exact) mass is 386 g/mol. The number of imide groups is 1. The largest absolute Gasteiger partial charge is 0.474 e. The average Bonchev–Trinajstić information content (AvgIpc) is 2.90. The molecule has 8 nitrogen and oxygen atoms in total. The lowest BCUT2D eigenvalue weighted by atomic mass is 9.52. The van der Waals surface area contributed by atoms with Crippen molar-refractivity contribution in [1.29, 1.82) is 0 Å². The van der Waals surface area contributed by atoms with Crippen LogP contribution in [-0.4, -0.2) is 45.9 Å². The molecular weight excluding hydrogens is 360 g/mol. The van der Waals surface area contributed by atoms with Crippen molar-refractivity contribution in [3.63, 3.8) is 0 Å². The number of pyridine rings is 1. The maximum Gasteiger partial charge on any atom is 0.325 e. The number of rotatable bonds is 6. The number of ether oxygens (including phenoxy) is 1. The Hall–Kier alpha value is -2.64. The van der Waals surface area contributed by atoms with E-state index in [1.54, 1.807) is 18.3 Å². The van der Waals surface area contributed by atoms with Crippen molar-refractivity contribution in [1.82, 2.24) is 15.2 Å². The molecular formula is C20H26N4O4. The molecule has 1 spiro atoms. The van der Waals surface area contributed by atoms with E-state index in [-0.39, 0.29) is 46.9 Å². The Morgan fingerprint density at radius 3 is 2.75 bits per heavy atom. The summed E-state index contributed by atoms with van der Waals surface area (Å²) in [5.41, 5.74) is 5.76. The third-order valence-corrected chi connectivity index (χ3v) is 6.55. The molecule has 4 amide bonds. The molecule has 2 saturated carbocycles. The molecule has 28 heavy (non-hydrogen) atoms. The molecule has 3 aliphatic rings. The molecule has 8 heteroatoms. The number of amides is 4. The van der Waals surface area contributed by atoms with Crippen molar-refractivity contribution in [3.05, 3.63) is 23.9 Å². The van der Waals surface area contributed by atoms with Gasteiger partial charge in [0.2, 0.25) is 5.88 Å². The van der Waals surface area contributed by atoms with E-state index in [0.29, 0.717) is 0 Å². The van der Waals surface area contributed by atoms with E-state index in [2.05, 4.69) is 10.3 Å². The van der Waals surface area contributed by atoms with Gasteiger partial charge in [-0.1, -0.05) is 20.3 Å². The van der Waals surface area contributed by atoms with Gasteiger partial charge in [-0.3, -0.25) is 14.5 Å². The van der Waals surface area contributed by atoms with Crippen LogP contribution >= 0.6 is 0 Å². The Morgan fingerprint density at radius 2 is 2.11 bits per heavy atom. The fourth-order valence-electron chi connectivity index (χ4n) is 4.76. The molecule has 1 saturated heterocycles. The quantitative estimate of drug-likeness (QED) is 0.724. The van der Waals surface area contributed by atoms with Gasteiger partial charge in [-0.05, 0) is 49.1 Å².